The summed E-state index contributed by atoms with van der Waals surface area (Å²) in [4.78, 5) is 16.0. The summed E-state index contributed by atoms with van der Waals surface area (Å²) < 4.78 is 10.9. The van der Waals surface area contributed by atoms with E-state index < -0.39 is 6.10 Å². The number of nitrogens with zero attached hydrogens (tertiary/aromatic N) is 1. The molecule has 3 aliphatic carbocycles. The lowest BCUT2D eigenvalue weighted by atomic mass is 9.53. The van der Waals surface area contributed by atoms with Crippen molar-refractivity contribution in [3.05, 3.63) is 89.0 Å². The summed E-state index contributed by atoms with van der Waals surface area (Å²) in [7, 11) is 0. The Morgan fingerprint density at radius 3 is 2.65 bits per heavy atom. The highest BCUT2D eigenvalue weighted by atomic mass is 16.7. The zero-order chi connectivity index (χ0) is 29.1. The van der Waals surface area contributed by atoms with Crippen LogP contribution >= 0.6 is 0 Å². The van der Waals surface area contributed by atoms with Crippen molar-refractivity contribution < 1.29 is 24.5 Å². The zero-order valence-corrected chi connectivity index (χ0v) is 24.3. The number of nitrogens with one attached hydrogen (secondary N) is 1. The average Bonchev–Trinajstić information content (AvgIpc) is 3.71. The fraction of sp³-hybridized carbons (Fsp3) is 0.417. The van der Waals surface area contributed by atoms with Gasteiger partial charge in [0.1, 0.15) is 5.75 Å². The highest BCUT2D eigenvalue weighted by molar-refractivity contribution is 5.97. The van der Waals surface area contributed by atoms with Crippen LogP contribution in [0, 0.1) is 11.8 Å². The van der Waals surface area contributed by atoms with Gasteiger partial charge in [-0.15, -0.1) is 0 Å². The Hall–Kier alpha value is -3.81. The van der Waals surface area contributed by atoms with Gasteiger partial charge in [-0.05, 0) is 91.4 Å². The predicted octanol–water partition coefficient (Wildman–Crippen LogP) is 4.98. The number of phenolic OH excluding ortho intramolecular Hbond substituents is 1. The molecule has 2 heterocycles. The number of fused-ring (bicyclic) bond motifs is 2. The number of hydrogen-bond acceptors (Lipinski definition) is 6. The second-order valence-electron chi connectivity index (χ2n) is 13.1. The van der Waals surface area contributed by atoms with Crippen LogP contribution in [-0.2, 0) is 18.3 Å². The Kier molecular flexibility index (Phi) is 6.49. The first-order valence-electron chi connectivity index (χ1n) is 15.7. The Labute approximate surface area is 252 Å². The predicted molar refractivity (Wildman–Crippen MR) is 163 cm³/mol. The van der Waals surface area contributed by atoms with Gasteiger partial charge in [-0.1, -0.05) is 48.6 Å². The minimum absolute atomic E-state index is 0.102. The molecule has 3 aromatic carbocycles. The largest absolute Gasteiger partial charge is 0.507 e. The van der Waals surface area contributed by atoms with Crippen LogP contribution in [-0.4, -0.2) is 59.6 Å². The molecule has 0 spiro atoms. The molecule has 2 bridgehead atoms. The SMILES string of the molecule is O=C(NCCc1ccc(-c2ccc3c(c2)OCO3)cc1)c1ccc2c(c1O)C13CCN(CC4CC4)C(C2)[C@@H]1C=C[C@H](O)C3. The van der Waals surface area contributed by atoms with Gasteiger partial charge >= 0.3 is 0 Å². The van der Waals surface area contributed by atoms with Crippen molar-refractivity contribution in [1.82, 2.24) is 10.2 Å². The minimum atomic E-state index is -0.536. The number of aliphatic hydroxyl groups is 1. The van der Waals surface area contributed by atoms with Gasteiger partial charge in [0.05, 0.1) is 11.7 Å². The molecular weight excluding hydrogens is 540 g/mol. The number of aliphatic hydroxyl groups excluding tert-OH is 1. The molecule has 3 aromatic rings. The lowest BCUT2D eigenvalue weighted by molar-refractivity contribution is 0.00393. The number of carbonyl (C=O) groups is 1. The summed E-state index contributed by atoms with van der Waals surface area (Å²) in [5, 5.41) is 25.5. The summed E-state index contributed by atoms with van der Waals surface area (Å²) in [6.07, 6.45) is 9.29. The molecule has 0 aromatic heterocycles. The van der Waals surface area contributed by atoms with E-state index in [2.05, 4.69) is 46.6 Å². The first kappa shape index (κ1) is 26.8. The van der Waals surface area contributed by atoms with Gasteiger partial charge in [0.15, 0.2) is 11.5 Å². The second-order valence-corrected chi connectivity index (χ2v) is 13.1. The van der Waals surface area contributed by atoms with Crippen molar-refractivity contribution in [3.63, 3.8) is 0 Å². The molecule has 3 N–H and O–H groups in total. The number of carbonyl (C=O) groups excluding carboxylic acids is 1. The van der Waals surface area contributed by atoms with E-state index in [1.165, 1.54) is 12.8 Å². The molecule has 2 aliphatic heterocycles. The first-order chi connectivity index (χ1) is 21.0. The lowest BCUT2D eigenvalue weighted by Crippen LogP contribution is -2.61. The molecule has 43 heavy (non-hydrogen) atoms. The van der Waals surface area contributed by atoms with Crippen LogP contribution in [0.3, 0.4) is 0 Å². The molecule has 1 saturated heterocycles. The highest BCUT2D eigenvalue weighted by Gasteiger charge is 2.55. The topological polar surface area (TPSA) is 91.3 Å². The van der Waals surface area contributed by atoms with Crippen LogP contribution in [0.4, 0.5) is 0 Å². The Morgan fingerprint density at radius 2 is 1.81 bits per heavy atom. The number of benzene rings is 3. The molecule has 1 saturated carbocycles. The van der Waals surface area contributed by atoms with E-state index >= 15 is 0 Å². The molecule has 2 unspecified atom stereocenters. The number of aromatic hydroxyl groups is 1. The van der Waals surface area contributed by atoms with Crippen molar-refractivity contribution >= 4 is 5.91 Å². The number of ether oxygens (including phenoxy) is 2. The molecule has 1 amide bonds. The summed E-state index contributed by atoms with van der Waals surface area (Å²) >= 11 is 0. The van der Waals surface area contributed by atoms with Crippen LogP contribution in [0.2, 0.25) is 0 Å². The van der Waals surface area contributed by atoms with Crippen LogP contribution in [0.5, 0.6) is 17.2 Å². The molecule has 2 fully saturated rings. The van der Waals surface area contributed by atoms with Crippen molar-refractivity contribution in [3.8, 4) is 28.4 Å². The number of amides is 1. The summed E-state index contributed by atoms with van der Waals surface area (Å²) in [5.74, 6) is 2.43. The standard InChI is InChI=1S/C36H38N2O5/c39-27-9-11-29-30-17-26-7-10-28(34(40)33(26)36(29,19-27)14-16-38(30)20-23-1-2-23)35(41)37-15-13-22-3-5-24(6-4-22)25-8-12-31-32(18-25)43-21-42-31/h3-12,18,23,27,29-30,39-40H,1-2,13-17,19-21H2,(H,37,41)/t27-,29-,30?,36?/m0/s1. The summed E-state index contributed by atoms with van der Waals surface area (Å²) in [6, 6.07) is 18.5. The first-order valence-corrected chi connectivity index (χ1v) is 15.7. The number of piperidine rings is 1. The van der Waals surface area contributed by atoms with Crippen molar-refractivity contribution in [2.24, 2.45) is 11.8 Å². The fourth-order valence-electron chi connectivity index (χ4n) is 8.14. The Balaban J connectivity index is 0.975. The van der Waals surface area contributed by atoms with Crippen LogP contribution in [0.15, 0.2) is 66.7 Å². The third-order valence-corrected chi connectivity index (χ3v) is 10.5. The Bertz CT molecular complexity index is 1600. The third-order valence-electron chi connectivity index (χ3n) is 10.5. The number of likely N-dealkylation sites (tertiary alicyclic amines) is 1. The van der Waals surface area contributed by atoms with E-state index in [0.717, 1.165) is 71.2 Å². The lowest BCUT2D eigenvalue weighted by Gasteiger charge is -2.58. The smallest absolute Gasteiger partial charge is 0.255 e. The number of hydrogen-bond donors (Lipinski definition) is 3. The molecule has 7 heteroatoms. The van der Waals surface area contributed by atoms with Crippen molar-refractivity contribution in [2.45, 2.75) is 56.1 Å². The van der Waals surface area contributed by atoms with E-state index in [4.69, 9.17) is 9.47 Å². The summed E-state index contributed by atoms with van der Waals surface area (Å²) in [5.41, 5.74) is 5.28. The quantitative estimate of drug-likeness (QED) is 0.343. The van der Waals surface area contributed by atoms with Gasteiger partial charge < -0.3 is 25.0 Å². The second kappa shape index (κ2) is 10.4. The van der Waals surface area contributed by atoms with Gasteiger partial charge in [0.25, 0.3) is 5.91 Å². The maximum atomic E-state index is 13.4. The van der Waals surface area contributed by atoms with Crippen LogP contribution < -0.4 is 14.8 Å². The molecular formula is C36H38N2O5. The number of phenols is 1. The van der Waals surface area contributed by atoms with E-state index in [0.29, 0.717) is 31.0 Å². The normalized spacial score (nSPS) is 27.0. The van der Waals surface area contributed by atoms with Gasteiger partial charge in [-0.3, -0.25) is 9.69 Å². The molecule has 7 nitrogen and oxygen atoms in total. The van der Waals surface area contributed by atoms with Gasteiger partial charge in [0.2, 0.25) is 6.79 Å². The van der Waals surface area contributed by atoms with Crippen LogP contribution in [0.25, 0.3) is 11.1 Å². The van der Waals surface area contributed by atoms with Crippen LogP contribution in [0.1, 0.15) is 52.7 Å². The molecule has 0 radical (unpaired) electrons. The maximum Gasteiger partial charge on any atom is 0.255 e. The molecule has 5 aliphatic rings. The molecule has 222 valence electrons. The fourth-order valence-corrected chi connectivity index (χ4v) is 8.14. The molecule has 4 atom stereocenters. The maximum absolute atomic E-state index is 13.4. The zero-order valence-electron chi connectivity index (χ0n) is 24.3. The summed E-state index contributed by atoms with van der Waals surface area (Å²) in [6.45, 7) is 2.85. The van der Waals surface area contributed by atoms with Gasteiger partial charge in [0, 0.05) is 36.0 Å². The molecule has 8 rings (SSSR count). The third kappa shape index (κ3) is 4.70. The van der Waals surface area contributed by atoms with E-state index in [1.54, 1.807) is 6.07 Å². The Morgan fingerprint density at radius 1 is 1.00 bits per heavy atom. The van der Waals surface area contributed by atoms with E-state index in [9.17, 15) is 15.0 Å². The van der Waals surface area contributed by atoms with Crippen molar-refractivity contribution in [2.75, 3.05) is 26.4 Å². The monoisotopic (exact) mass is 578 g/mol. The number of rotatable bonds is 7. The van der Waals surface area contributed by atoms with E-state index in [-0.39, 0.29) is 29.8 Å². The minimum Gasteiger partial charge on any atom is -0.507 e. The van der Waals surface area contributed by atoms with Gasteiger partial charge in [-0.2, -0.15) is 0 Å². The van der Waals surface area contributed by atoms with E-state index in [1.807, 2.05) is 24.3 Å². The van der Waals surface area contributed by atoms with Crippen molar-refractivity contribution in [1.29, 1.82) is 0 Å². The van der Waals surface area contributed by atoms with Gasteiger partial charge in [-0.25, -0.2) is 0 Å². The highest BCUT2D eigenvalue weighted by Crippen LogP contribution is 2.57. The average molecular weight is 579 g/mol.